The number of nitrogens with zero attached hydrogens (tertiary/aromatic N) is 6. The van der Waals surface area contributed by atoms with Gasteiger partial charge >= 0.3 is 6.18 Å². The van der Waals surface area contributed by atoms with Crippen molar-refractivity contribution < 1.29 is 36.2 Å². The molecule has 2 saturated heterocycles. The van der Waals surface area contributed by atoms with Crippen LogP contribution in [-0.4, -0.2) is 104 Å². The number of amides is 1. The second-order valence-electron chi connectivity index (χ2n) is 11.2. The van der Waals surface area contributed by atoms with E-state index in [2.05, 4.69) is 15.3 Å². The maximum atomic E-state index is 15.8. The molecule has 2 fully saturated rings. The van der Waals surface area contributed by atoms with Crippen molar-refractivity contribution >= 4 is 23.2 Å². The molecule has 2 aliphatic rings. The topological polar surface area (TPSA) is 105 Å². The zero-order chi connectivity index (χ0) is 33.2. The van der Waals surface area contributed by atoms with E-state index >= 15 is 8.78 Å². The molecule has 0 spiro atoms. The molecule has 0 radical (unpaired) electrons. The number of ether oxygens (including phenoxy) is 2. The molecule has 16 heteroatoms. The SMILES string of the molecule is COCCN(C)[C@@H]1CN(c2cc(F)c(-c3cnc(N4CCOCC4)nc3)cc2NC(=O)c2cn(C)c(=O)cc2C(F)(F)F)C[C@H]1F. The van der Waals surface area contributed by atoms with Crippen LogP contribution in [0.25, 0.3) is 11.1 Å². The van der Waals surface area contributed by atoms with Crippen molar-refractivity contribution in [2.75, 3.05) is 81.8 Å². The predicted molar refractivity (Wildman–Crippen MR) is 160 cm³/mol. The third kappa shape index (κ3) is 7.13. The van der Waals surface area contributed by atoms with Crippen LogP contribution in [0.1, 0.15) is 15.9 Å². The van der Waals surface area contributed by atoms with E-state index in [1.54, 1.807) is 11.9 Å². The van der Waals surface area contributed by atoms with Gasteiger partial charge in [0.1, 0.15) is 12.0 Å². The fraction of sp³-hybridized carbons (Fsp3) is 0.467. The lowest BCUT2D eigenvalue weighted by atomic mass is 10.0. The van der Waals surface area contributed by atoms with E-state index in [4.69, 9.17) is 9.47 Å². The number of alkyl halides is 4. The number of likely N-dealkylation sites (N-methyl/N-ethyl adjacent to an activating group) is 1. The Morgan fingerprint density at radius 1 is 1.13 bits per heavy atom. The largest absolute Gasteiger partial charge is 0.417 e. The molecule has 2 aliphatic heterocycles. The van der Waals surface area contributed by atoms with E-state index in [1.807, 2.05) is 4.90 Å². The first-order chi connectivity index (χ1) is 21.9. The molecule has 0 bridgehead atoms. The number of methoxy groups -OCH3 is 1. The second-order valence-corrected chi connectivity index (χ2v) is 11.2. The van der Waals surface area contributed by atoms with Gasteiger partial charge in [-0.05, 0) is 19.2 Å². The molecule has 1 amide bonds. The number of hydrogen-bond donors (Lipinski definition) is 1. The Morgan fingerprint density at radius 2 is 1.83 bits per heavy atom. The number of aromatic nitrogens is 3. The summed E-state index contributed by atoms with van der Waals surface area (Å²) >= 11 is 0. The monoisotopic (exact) mass is 651 g/mol. The van der Waals surface area contributed by atoms with E-state index in [9.17, 15) is 22.8 Å². The molecule has 3 aromatic rings. The number of halogens is 5. The van der Waals surface area contributed by atoms with Crippen molar-refractivity contribution in [1.29, 1.82) is 0 Å². The van der Waals surface area contributed by atoms with E-state index < -0.39 is 46.8 Å². The van der Waals surface area contributed by atoms with Crippen LogP contribution in [0.15, 0.2) is 41.6 Å². The average Bonchev–Trinajstić information content (AvgIpc) is 3.42. The summed E-state index contributed by atoms with van der Waals surface area (Å²) in [6.45, 7) is 2.91. The van der Waals surface area contributed by atoms with Gasteiger partial charge in [0.05, 0.1) is 54.9 Å². The van der Waals surface area contributed by atoms with Gasteiger partial charge in [-0.25, -0.2) is 18.7 Å². The van der Waals surface area contributed by atoms with Crippen LogP contribution in [0.3, 0.4) is 0 Å². The van der Waals surface area contributed by atoms with Gasteiger partial charge in [0.2, 0.25) is 5.95 Å². The summed E-state index contributed by atoms with van der Waals surface area (Å²) in [4.78, 5) is 39.4. The molecular formula is C30H34F5N7O4. The molecule has 11 nitrogen and oxygen atoms in total. The van der Waals surface area contributed by atoms with Gasteiger partial charge in [-0.1, -0.05) is 0 Å². The molecule has 0 unspecified atom stereocenters. The van der Waals surface area contributed by atoms with Gasteiger partial charge < -0.3 is 29.2 Å². The van der Waals surface area contributed by atoms with Gasteiger partial charge in [0.25, 0.3) is 11.5 Å². The Labute approximate surface area is 261 Å². The van der Waals surface area contributed by atoms with Crippen LogP contribution in [0, 0.1) is 5.82 Å². The number of hydrogen-bond acceptors (Lipinski definition) is 9. The van der Waals surface area contributed by atoms with Crippen LogP contribution in [0.2, 0.25) is 0 Å². The molecule has 46 heavy (non-hydrogen) atoms. The summed E-state index contributed by atoms with van der Waals surface area (Å²) in [6.07, 6.45) is -2.76. The third-order valence-electron chi connectivity index (χ3n) is 8.13. The Balaban J connectivity index is 1.53. The summed E-state index contributed by atoms with van der Waals surface area (Å²) in [5.41, 5.74) is -2.97. The highest BCUT2D eigenvalue weighted by molar-refractivity contribution is 6.07. The molecule has 2 atom stereocenters. The molecule has 0 aliphatic carbocycles. The van der Waals surface area contributed by atoms with E-state index in [-0.39, 0.29) is 35.6 Å². The van der Waals surface area contributed by atoms with Gasteiger partial charge in [-0.2, -0.15) is 13.2 Å². The van der Waals surface area contributed by atoms with Crippen LogP contribution in [0.5, 0.6) is 0 Å². The Morgan fingerprint density at radius 3 is 2.48 bits per heavy atom. The van der Waals surface area contributed by atoms with Crippen LogP contribution >= 0.6 is 0 Å². The number of morpholine rings is 1. The first kappa shape index (κ1) is 33.2. The third-order valence-corrected chi connectivity index (χ3v) is 8.13. The van der Waals surface area contributed by atoms with Gasteiger partial charge in [0.15, 0.2) is 0 Å². The number of rotatable bonds is 9. The normalized spacial score (nSPS) is 18.8. The highest BCUT2D eigenvalue weighted by Gasteiger charge is 2.38. The lowest BCUT2D eigenvalue weighted by Crippen LogP contribution is -2.40. The number of carbonyl (C=O) groups is 1. The summed E-state index contributed by atoms with van der Waals surface area (Å²) in [6, 6.07) is 2.12. The van der Waals surface area contributed by atoms with E-state index in [0.717, 1.165) is 16.8 Å². The standard InChI is InChI=1S/C30H34F5N7O4/c1-39(4-7-45-3)26-17-42(16-23(26)32)25-12-22(31)19(18-13-36-29(37-14-18)41-5-8-46-9-6-41)10-24(25)38-28(44)20-15-40(2)27(43)11-21(20)30(33,34)35/h10-15,23,26H,4-9,16-17H2,1-3H3,(H,38,44)/t23-,26-/m1/s1. The second kappa shape index (κ2) is 13.7. The summed E-state index contributed by atoms with van der Waals surface area (Å²) in [5, 5.41) is 2.47. The number of aryl methyl sites for hydroxylation is 1. The van der Waals surface area contributed by atoms with Crippen molar-refractivity contribution in [3.8, 4) is 11.1 Å². The number of nitrogens with one attached hydrogen (secondary N) is 1. The number of pyridine rings is 1. The first-order valence-electron chi connectivity index (χ1n) is 14.5. The Hall–Kier alpha value is -4.15. The van der Waals surface area contributed by atoms with Crippen LogP contribution in [-0.2, 0) is 22.7 Å². The fourth-order valence-corrected chi connectivity index (χ4v) is 5.53. The molecule has 1 N–H and O–H groups in total. The minimum absolute atomic E-state index is 0.0335. The molecule has 0 saturated carbocycles. The Kier molecular flexibility index (Phi) is 9.88. The molecular weight excluding hydrogens is 617 g/mol. The number of anilines is 3. The lowest BCUT2D eigenvalue weighted by Gasteiger charge is -2.27. The van der Waals surface area contributed by atoms with Crippen LogP contribution < -0.4 is 20.7 Å². The van der Waals surface area contributed by atoms with Crippen LogP contribution in [0.4, 0.5) is 39.3 Å². The quantitative estimate of drug-likeness (QED) is 0.350. The van der Waals surface area contributed by atoms with Crippen molar-refractivity contribution in [3.63, 3.8) is 0 Å². The summed E-state index contributed by atoms with van der Waals surface area (Å²) in [5.74, 6) is -1.51. The van der Waals surface area contributed by atoms with E-state index in [1.165, 1.54) is 37.5 Å². The van der Waals surface area contributed by atoms with Gasteiger partial charge in [-0.15, -0.1) is 0 Å². The molecule has 248 valence electrons. The Bertz CT molecular complexity index is 1610. The smallest absolute Gasteiger partial charge is 0.383 e. The molecule has 4 heterocycles. The maximum Gasteiger partial charge on any atom is 0.417 e. The summed E-state index contributed by atoms with van der Waals surface area (Å²) < 4.78 is 84.0. The zero-order valence-electron chi connectivity index (χ0n) is 25.5. The first-order valence-corrected chi connectivity index (χ1v) is 14.5. The van der Waals surface area contributed by atoms with E-state index in [0.29, 0.717) is 51.5 Å². The van der Waals surface area contributed by atoms with Gasteiger partial charge in [0, 0.05) is 76.1 Å². The highest BCUT2D eigenvalue weighted by atomic mass is 19.4. The minimum Gasteiger partial charge on any atom is -0.383 e. The number of carbonyl (C=O) groups excluding carboxylic acids is 1. The van der Waals surface area contributed by atoms with Gasteiger partial charge in [-0.3, -0.25) is 14.5 Å². The fourth-order valence-electron chi connectivity index (χ4n) is 5.53. The van der Waals surface area contributed by atoms with Crippen molar-refractivity contribution in [2.24, 2.45) is 7.05 Å². The predicted octanol–water partition coefficient (Wildman–Crippen LogP) is 3.19. The lowest BCUT2D eigenvalue weighted by molar-refractivity contribution is -0.138. The van der Waals surface area contributed by atoms with Crippen molar-refractivity contribution in [3.05, 3.63) is 64.1 Å². The highest BCUT2D eigenvalue weighted by Crippen LogP contribution is 2.38. The molecule has 1 aromatic carbocycles. The molecule has 2 aromatic heterocycles. The molecule has 5 rings (SSSR count). The zero-order valence-corrected chi connectivity index (χ0v) is 25.5. The van der Waals surface area contributed by atoms with Crippen molar-refractivity contribution in [1.82, 2.24) is 19.4 Å². The average molecular weight is 652 g/mol. The van der Waals surface area contributed by atoms with Crippen molar-refractivity contribution in [2.45, 2.75) is 18.4 Å². The summed E-state index contributed by atoms with van der Waals surface area (Å²) in [7, 11) is 4.47. The maximum absolute atomic E-state index is 15.8. The number of benzene rings is 1. The minimum atomic E-state index is -5.01.